The number of amides is 2. The maximum Gasteiger partial charge on any atom is 0.225 e. The highest BCUT2D eigenvalue weighted by molar-refractivity contribution is 5.81. The van der Waals surface area contributed by atoms with Gasteiger partial charge in [-0.05, 0) is 43.4 Å². The molecule has 124 valence electrons. The summed E-state index contributed by atoms with van der Waals surface area (Å²) in [5.41, 5.74) is 0.686. The SMILES string of the molecule is COc1ccc(C2(NC(C)=O)CCN(C(=O)C3CC3)CC2)cc1. The van der Waals surface area contributed by atoms with Gasteiger partial charge in [-0.2, -0.15) is 0 Å². The van der Waals surface area contributed by atoms with E-state index < -0.39 is 5.54 Å². The fourth-order valence-electron chi connectivity index (χ4n) is 3.43. The third-order valence-electron chi connectivity index (χ3n) is 4.91. The molecule has 23 heavy (non-hydrogen) atoms. The quantitative estimate of drug-likeness (QED) is 0.925. The Morgan fingerprint density at radius 2 is 1.78 bits per heavy atom. The lowest BCUT2D eigenvalue weighted by atomic mass is 9.80. The highest BCUT2D eigenvalue weighted by Gasteiger charge is 2.41. The Labute approximate surface area is 137 Å². The molecule has 5 nitrogen and oxygen atoms in total. The molecule has 0 atom stereocenters. The Morgan fingerprint density at radius 3 is 2.26 bits per heavy atom. The van der Waals surface area contributed by atoms with Gasteiger partial charge in [0.05, 0.1) is 12.6 Å². The summed E-state index contributed by atoms with van der Waals surface area (Å²) in [6.07, 6.45) is 3.56. The van der Waals surface area contributed by atoms with Crippen molar-refractivity contribution in [2.75, 3.05) is 20.2 Å². The van der Waals surface area contributed by atoms with Crippen molar-refractivity contribution in [2.45, 2.75) is 38.1 Å². The highest BCUT2D eigenvalue weighted by atomic mass is 16.5. The molecule has 1 heterocycles. The van der Waals surface area contributed by atoms with Crippen molar-refractivity contribution in [2.24, 2.45) is 5.92 Å². The first-order valence-electron chi connectivity index (χ1n) is 8.26. The third-order valence-corrected chi connectivity index (χ3v) is 4.91. The van der Waals surface area contributed by atoms with Gasteiger partial charge in [0.25, 0.3) is 0 Å². The minimum absolute atomic E-state index is 0.0391. The van der Waals surface area contributed by atoms with Crippen LogP contribution in [0.4, 0.5) is 0 Å². The fraction of sp³-hybridized carbons (Fsp3) is 0.556. The largest absolute Gasteiger partial charge is 0.497 e. The molecule has 1 aliphatic heterocycles. The monoisotopic (exact) mass is 316 g/mol. The summed E-state index contributed by atoms with van der Waals surface area (Å²) in [7, 11) is 1.64. The van der Waals surface area contributed by atoms with Crippen molar-refractivity contribution in [1.82, 2.24) is 10.2 Å². The van der Waals surface area contributed by atoms with Gasteiger partial charge in [-0.3, -0.25) is 9.59 Å². The van der Waals surface area contributed by atoms with Gasteiger partial charge in [-0.15, -0.1) is 0 Å². The first kappa shape index (κ1) is 15.8. The molecule has 0 bridgehead atoms. The summed E-state index contributed by atoms with van der Waals surface area (Å²) in [5.74, 6) is 1.30. The van der Waals surface area contributed by atoms with Crippen molar-refractivity contribution in [1.29, 1.82) is 0 Å². The summed E-state index contributed by atoms with van der Waals surface area (Å²) in [6.45, 7) is 2.94. The molecule has 2 amide bonds. The number of piperidine rings is 1. The number of hydrogen-bond acceptors (Lipinski definition) is 3. The van der Waals surface area contributed by atoms with E-state index in [4.69, 9.17) is 4.74 Å². The summed E-state index contributed by atoms with van der Waals surface area (Å²) in [4.78, 5) is 25.9. The molecule has 3 rings (SSSR count). The van der Waals surface area contributed by atoms with E-state index in [2.05, 4.69) is 5.32 Å². The van der Waals surface area contributed by atoms with Gasteiger partial charge in [0.15, 0.2) is 0 Å². The summed E-state index contributed by atoms with van der Waals surface area (Å²) in [5, 5.41) is 3.14. The van der Waals surface area contributed by atoms with Crippen LogP contribution < -0.4 is 10.1 Å². The Hall–Kier alpha value is -2.04. The third kappa shape index (κ3) is 3.33. The number of nitrogens with one attached hydrogen (secondary N) is 1. The molecule has 1 aliphatic carbocycles. The van der Waals surface area contributed by atoms with Crippen LogP contribution in [-0.2, 0) is 15.1 Å². The van der Waals surface area contributed by atoms with E-state index in [9.17, 15) is 9.59 Å². The van der Waals surface area contributed by atoms with E-state index >= 15 is 0 Å². The maximum atomic E-state index is 12.2. The second-order valence-electron chi connectivity index (χ2n) is 6.59. The van der Waals surface area contributed by atoms with Crippen molar-refractivity contribution in [3.63, 3.8) is 0 Å². The predicted molar refractivity (Wildman–Crippen MR) is 87.0 cm³/mol. The molecule has 0 radical (unpaired) electrons. The lowest BCUT2D eigenvalue weighted by Gasteiger charge is -2.42. The van der Waals surface area contributed by atoms with E-state index in [1.54, 1.807) is 14.0 Å². The molecule has 1 saturated heterocycles. The molecule has 1 aromatic rings. The minimum atomic E-state index is -0.390. The number of ether oxygens (including phenoxy) is 1. The van der Waals surface area contributed by atoms with Crippen LogP contribution in [0.1, 0.15) is 38.2 Å². The van der Waals surface area contributed by atoms with Crippen molar-refractivity contribution < 1.29 is 14.3 Å². The minimum Gasteiger partial charge on any atom is -0.497 e. The van der Waals surface area contributed by atoms with Crippen molar-refractivity contribution >= 4 is 11.8 Å². The molecule has 2 aliphatic rings. The smallest absolute Gasteiger partial charge is 0.225 e. The molecule has 1 aromatic carbocycles. The summed E-state index contributed by atoms with van der Waals surface area (Å²) in [6, 6.07) is 7.85. The Bertz CT molecular complexity index is 585. The van der Waals surface area contributed by atoms with Gasteiger partial charge in [0.1, 0.15) is 5.75 Å². The van der Waals surface area contributed by atoms with Crippen molar-refractivity contribution in [3.8, 4) is 5.75 Å². The zero-order valence-electron chi connectivity index (χ0n) is 13.8. The van der Waals surface area contributed by atoms with Crippen LogP contribution in [0.2, 0.25) is 0 Å². The second kappa shape index (κ2) is 6.22. The normalized spacial score (nSPS) is 20.0. The van der Waals surface area contributed by atoms with E-state index in [0.29, 0.717) is 13.1 Å². The van der Waals surface area contributed by atoms with Crippen LogP contribution in [0.25, 0.3) is 0 Å². The number of likely N-dealkylation sites (tertiary alicyclic amines) is 1. The number of carbonyl (C=O) groups is 2. The number of hydrogen-bond donors (Lipinski definition) is 1. The zero-order chi connectivity index (χ0) is 16.4. The molecule has 0 spiro atoms. The number of benzene rings is 1. The van der Waals surface area contributed by atoms with Crippen molar-refractivity contribution in [3.05, 3.63) is 29.8 Å². The average molecular weight is 316 g/mol. The number of methoxy groups -OCH3 is 1. The van der Waals surface area contributed by atoms with Crippen LogP contribution in [-0.4, -0.2) is 36.9 Å². The molecule has 0 unspecified atom stereocenters. The lowest BCUT2D eigenvalue weighted by Crippen LogP contribution is -2.53. The van der Waals surface area contributed by atoms with Gasteiger partial charge in [-0.1, -0.05) is 12.1 Å². The van der Waals surface area contributed by atoms with E-state index in [1.165, 1.54) is 0 Å². The van der Waals surface area contributed by atoms with Gasteiger partial charge in [-0.25, -0.2) is 0 Å². The average Bonchev–Trinajstić information content (AvgIpc) is 3.39. The Balaban J connectivity index is 1.77. The Morgan fingerprint density at radius 1 is 1.17 bits per heavy atom. The van der Waals surface area contributed by atoms with Gasteiger partial charge < -0.3 is 15.0 Å². The van der Waals surface area contributed by atoms with Gasteiger partial charge in [0.2, 0.25) is 11.8 Å². The first-order chi connectivity index (χ1) is 11.0. The molecule has 1 saturated carbocycles. The van der Waals surface area contributed by atoms with E-state index in [1.807, 2.05) is 29.2 Å². The molecule has 1 N–H and O–H groups in total. The van der Waals surface area contributed by atoms with Gasteiger partial charge in [0, 0.05) is 25.9 Å². The van der Waals surface area contributed by atoms with Gasteiger partial charge >= 0.3 is 0 Å². The summed E-state index contributed by atoms with van der Waals surface area (Å²) >= 11 is 0. The molecular formula is C18H24N2O3. The zero-order valence-corrected chi connectivity index (χ0v) is 13.8. The highest BCUT2D eigenvalue weighted by Crippen LogP contribution is 2.37. The molecular weight excluding hydrogens is 292 g/mol. The standard InChI is InChI=1S/C18H24N2O3/c1-13(21)19-18(15-5-7-16(23-2)8-6-15)9-11-20(12-10-18)17(22)14-3-4-14/h5-8,14H,3-4,9-12H2,1-2H3,(H,19,21). The lowest BCUT2D eigenvalue weighted by molar-refractivity contribution is -0.134. The second-order valence-corrected chi connectivity index (χ2v) is 6.59. The van der Waals surface area contributed by atoms with E-state index in [0.717, 1.165) is 37.0 Å². The summed E-state index contributed by atoms with van der Waals surface area (Å²) < 4.78 is 5.21. The number of carbonyl (C=O) groups excluding carboxylic acids is 2. The van der Waals surface area contributed by atoms with Crippen LogP contribution in [0, 0.1) is 5.92 Å². The number of nitrogens with zero attached hydrogens (tertiary/aromatic N) is 1. The van der Waals surface area contributed by atoms with Crippen LogP contribution in [0.15, 0.2) is 24.3 Å². The fourth-order valence-corrected chi connectivity index (χ4v) is 3.43. The van der Waals surface area contributed by atoms with Crippen LogP contribution in [0.3, 0.4) is 0 Å². The first-order valence-corrected chi connectivity index (χ1v) is 8.26. The number of rotatable bonds is 4. The van der Waals surface area contributed by atoms with Crippen LogP contribution in [0.5, 0.6) is 5.75 Å². The Kier molecular flexibility index (Phi) is 4.28. The maximum absolute atomic E-state index is 12.2. The predicted octanol–water partition coefficient (Wildman–Crippen LogP) is 2.06. The van der Waals surface area contributed by atoms with E-state index in [-0.39, 0.29) is 17.7 Å². The molecule has 0 aromatic heterocycles. The topological polar surface area (TPSA) is 58.6 Å². The molecule has 5 heteroatoms. The molecule has 2 fully saturated rings. The van der Waals surface area contributed by atoms with Crippen LogP contribution >= 0.6 is 0 Å².